The van der Waals surface area contributed by atoms with Gasteiger partial charge in [0.15, 0.2) is 11.5 Å². The van der Waals surface area contributed by atoms with E-state index < -0.39 is 5.91 Å². The van der Waals surface area contributed by atoms with Gasteiger partial charge in [-0.25, -0.2) is 5.43 Å². The van der Waals surface area contributed by atoms with Crippen molar-refractivity contribution < 1.29 is 19.4 Å². The SMILES string of the molecule is CCOc1cc(/C=N/NC(=O)c2cccc(C)c2O)ccc1OCc1cccc2ccccc12. The third kappa shape index (κ3) is 5.18. The zero-order chi connectivity index (χ0) is 23.9. The van der Waals surface area contributed by atoms with Gasteiger partial charge in [0.1, 0.15) is 12.4 Å². The topological polar surface area (TPSA) is 80.2 Å². The monoisotopic (exact) mass is 454 g/mol. The van der Waals surface area contributed by atoms with Crippen molar-refractivity contribution in [3.8, 4) is 17.2 Å². The minimum atomic E-state index is -0.488. The number of hydrogen-bond donors (Lipinski definition) is 2. The minimum Gasteiger partial charge on any atom is -0.507 e. The molecule has 34 heavy (non-hydrogen) atoms. The maximum absolute atomic E-state index is 12.3. The first-order valence-corrected chi connectivity index (χ1v) is 11.0. The fourth-order valence-electron chi connectivity index (χ4n) is 3.63. The smallest absolute Gasteiger partial charge is 0.275 e. The van der Waals surface area contributed by atoms with Crippen LogP contribution in [0.5, 0.6) is 17.2 Å². The molecule has 4 aromatic rings. The number of hydrogen-bond acceptors (Lipinski definition) is 5. The van der Waals surface area contributed by atoms with Crippen LogP contribution in [0.25, 0.3) is 10.8 Å². The maximum Gasteiger partial charge on any atom is 0.275 e. The lowest BCUT2D eigenvalue weighted by Crippen LogP contribution is -2.17. The fraction of sp³-hybridized carbons (Fsp3) is 0.143. The van der Waals surface area contributed by atoms with Gasteiger partial charge in [0.2, 0.25) is 0 Å². The van der Waals surface area contributed by atoms with Crippen LogP contribution in [0.15, 0.2) is 84.0 Å². The number of phenols is 1. The van der Waals surface area contributed by atoms with E-state index in [-0.39, 0.29) is 11.3 Å². The van der Waals surface area contributed by atoms with Crippen LogP contribution in [0.4, 0.5) is 0 Å². The molecule has 6 heteroatoms. The summed E-state index contributed by atoms with van der Waals surface area (Å²) in [4.78, 5) is 12.3. The van der Waals surface area contributed by atoms with E-state index in [4.69, 9.17) is 9.47 Å². The van der Waals surface area contributed by atoms with Crippen molar-refractivity contribution in [3.05, 3.63) is 101 Å². The van der Waals surface area contributed by atoms with E-state index in [0.717, 1.165) is 16.5 Å². The highest BCUT2D eigenvalue weighted by Crippen LogP contribution is 2.30. The molecule has 0 spiro atoms. The Kier molecular flexibility index (Phi) is 7.08. The number of ether oxygens (including phenoxy) is 2. The van der Waals surface area contributed by atoms with Crippen molar-refractivity contribution >= 4 is 22.9 Å². The summed E-state index contributed by atoms with van der Waals surface area (Å²) in [6.07, 6.45) is 1.52. The molecule has 0 bridgehead atoms. The summed E-state index contributed by atoms with van der Waals surface area (Å²) in [6.45, 7) is 4.53. The minimum absolute atomic E-state index is 0.0541. The summed E-state index contributed by atoms with van der Waals surface area (Å²) in [5, 5.41) is 16.4. The molecule has 4 aromatic carbocycles. The van der Waals surface area contributed by atoms with Gasteiger partial charge in [0, 0.05) is 0 Å². The molecule has 1 amide bonds. The third-order valence-corrected chi connectivity index (χ3v) is 5.39. The third-order valence-electron chi connectivity index (χ3n) is 5.39. The Balaban J connectivity index is 1.46. The van der Waals surface area contributed by atoms with Crippen molar-refractivity contribution in [2.24, 2.45) is 5.10 Å². The zero-order valence-electron chi connectivity index (χ0n) is 19.1. The van der Waals surface area contributed by atoms with Gasteiger partial charge in [-0.3, -0.25) is 4.79 Å². The largest absolute Gasteiger partial charge is 0.507 e. The summed E-state index contributed by atoms with van der Waals surface area (Å²) in [5.41, 5.74) is 5.06. The quantitative estimate of drug-likeness (QED) is 0.268. The van der Waals surface area contributed by atoms with Crippen molar-refractivity contribution in [2.45, 2.75) is 20.5 Å². The molecule has 0 saturated carbocycles. The number of nitrogens with one attached hydrogen (secondary N) is 1. The van der Waals surface area contributed by atoms with Crippen molar-refractivity contribution in [1.29, 1.82) is 0 Å². The number of benzene rings is 4. The number of hydrazone groups is 1. The lowest BCUT2D eigenvalue weighted by molar-refractivity contribution is 0.0952. The van der Waals surface area contributed by atoms with Crippen LogP contribution in [0.3, 0.4) is 0 Å². The number of amides is 1. The fourth-order valence-corrected chi connectivity index (χ4v) is 3.63. The van der Waals surface area contributed by atoms with Crippen LogP contribution in [0.1, 0.15) is 34.0 Å². The molecule has 0 aromatic heterocycles. The lowest BCUT2D eigenvalue weighted by Gasteiger charge is -2.13. The predicted molar refractivity (Wildman–Crippen MR) is 134 cm³/mol. The van der Waals surface area contributed by atoms with Gasteiger partial charge in [-0.1, -0.05) is 54.6 Å². The summed E-state index contributed by atoms with van der Waals surface area (Å²) < 4.78 is 11.9. The highest BCUT2D eigenvalue weighted by molar-refractivity contribution is 5.97. The highest BCUT2D eigenvalue weighted by Gasteiger charge is 2.12. The lowest BCUT2D eigenvalue weighted by atomic mass is 10.1. The average molecular weight is 455 g/mol. The average Bonchev–Trinajstić information content (AvgIpc) is 2.85. The molecular formula is C28H26N2O4. The van der Waals surface area contributed by atoms with Crippen LogP contribution in [0.2, 0.25) is 0 Å². The number of phenolic OH excluding ortho intramolecular Hbond substituents is 1. The molecule has 4 rings (SSSR count). The van der Waals surface area contributed by atoms with Gasteiger partial charge in [0.25, 0.3) is 5.91 Å². The molecule has 6 nitrogen and oxygen atoms in total. The van der Waals surface area contributed by atoms with E-state index in [1.54, 1.807) is 25.1 Å². The van der Waals surface area contributed by atoms with E-state index >= 15 is 0 Å². The number of aromatic hydroxyl groups is 1. The zero-order valence-corrected chi connectivity index (χ0v) is 19.1. The molecule has 0 aliphatic heterocycles. The molecule has 0 radical (unpaired) electrons. The Morgan fingerprint density at radius 3 is 2.62 bits per heavy atom. The Morgan fingerprint density at radius 2 is 1.76 bits per heavy atom. The van der Waals surface area contributed by atoms with E-state index in [0.29, 0.717) is 30.3 Å². The first-order valence-electron chi connectivity index (χ1n) is 11.0. The molecule has 0 heterocycles. The van der Waals surface area contributed by atoms with Gasteiger partial charge in [0.05, 0.1) is 18.4 Å². The summed E-state index contributed by atoms with van der Waals surface area (Å²) >= 11 is 0. The molecule has 0 aliphatic carbocycles. The van der Waals surface area contributed by atoms with E-state index in [9.17, 15) is 9.90 Å². The second kappa shape index (κ2) is 10.5. The molecule has 0 fully saturated rings. The molecule has 172 valence electrons. The Bertz CT molecular complexity index is 1340. The van der Waals surface area contributed by atoms with Crippen LogP contribution < -0.4 is 14.9 Å². The van der Waals surface area contributed by atoms with Crippen LogP contribution in [-0.2, 0) is 6.61 Å². The van der Waals surface area contributed by atoms with Gasteiger partial charge in [-0.05, 0) is 65.6 Å². The summed E-state index contributed by atoms with van der Waals surface area (Å²) in [7, 11) is 0. The van der Waals surface area contributed by atoms with Gasteiger partial charge >= 0.3 is 0 Å². The number of rotatable bonds is 8. The van der Waals surface area contributed by atoms with Gasteiger partial charge in [-0.15, -0.1) is 0 Å². The van der Waals surface area contributed by atoms with E-state index in [1.165, 1.54) is 11.6 Å². The Morgan fingerprint density at radius 1 is 0.971 bits per heavy atom. The van der Waals surface area contributed by atoms with Crippen LogP contribution in [0, 0.1) is 6.92 Å². The van der Waals surface area contributed by atoms with Gasteiger partial charge < -0.3 is 14.6 Å². The second-order valence-corrected chi connectivity index (χ2v) is 7.74. The van der Waals surface area contributed by atoms with Crippen molar-refractivity contribution in [1.82, 2.24) is 5.43 Å². The Hall–Kier alpha value is -4.32. The molecule has 0 saturated heterocycles. The number of carbonyl (C=O) groups is 1. The van der Waals surface area contributed by atoms with Crippen molar-refractivity contribution in [2.75, 3.05) is 6.61 Å². The van der Waals surface area contributed by atoms with Crippen LogP contribution >= 0.6 is 0 Å². The number of nitrogens with zero attached hydrogens (tertiary/aromatic N) is 1. The summed E-state index contributed by atoms with van der Waals surface area (Å²) in [6, 6.07) is 24.8. The van der Waals surface area contributed by atoms with Gasteiger partial charge in [-0.2, -0.15) is 5.10 Å². The number of para-hydroxylation sites is 1. The molecule has 0 unspecified atom stereocenters. The standard InChI is InChI=1S/C28H26N2O4/c1-3-33-26-16-20(17-29-30-28(32)24-13-6-8-19(2)27(24)31)14-15-25(26)34-18-22-11-7-10-21-9-4-5-12-23(21)22/h4-17,31H,3,18H2,1-2H3,(H,30,32)/b29-17+. The number of fused-ring (bicyclic) bond motifs is 1. The first kappa shape index (κ1) is 22.9. The summed E-state index contributed by atoms with van der Waals surface area (Å²) in [5.74, 6) is 0.675. The second-order valence-electron chi connectivity index (χ2n) is 7.74. The predicted octanol–water partition coefficient (Wildman–Crippen LogP) is 5.60. The maximum atomic E-state index is 12.3. The normalized spacial score (nSPS) is 11.0. The molecule has 0 aliphatic rings. The number of aryl methyl sites for hydroxylation is 1. The number of carbonyl (C=O) groups excluding carboxylic acids is 1. The molecular weight excluding hydrogens is 428 g/mol. The molecule has 2 N–H and O–H groups in total. The highest BCUT2D eigenvalue weighted by atomic mass is 16.5. The Labute approximate surface area is 198 Å². The first-order chi connectivity index (χ1) is 16.6. The van der Waals surface area contributed by atoms with Crippen molar-refractivity contribution in [3.63, 3.8) is 0 Å². The van der Waals surface area contributed by atoms with E-state index in [2.05, 4.69) is 34.8 Å². The molecule has 0 atom stereocenters. The van der Waals surface area contributed by atoms with Crippen LogP contribution in [-0.4, -0.2) is 23.8 Å². The van der Waals surface area contributed by atoms with E-state index in [1.807, 2.05) is 43.3 Å².